The van der Waals surface area contributed by atoms with E-state index >= 15 is 0 Å². The number of nitrogens with one attached hydrogen (secondary N) is 1. The quantitative estimate of drug-likeness (QED) is 0.424. The smallest absolute Gasteiger partial charge is 0.0811 e. The first-order valence-electron chi connectivity index (χ1n) is 12.6. The van der Waals surface area contributed by atoms with E-state index < -0.39 is 21.9 Å². The molecule has 0 aromatic heterocycles. The van der Waals surface area contributed by atoms with Gasteiger partial charge in [0.15, 0.2) is 0 Å². The summed E-state index contributed by atoms with van der Waals surface area (Å²) in [6.07, 6.45) is 11.6. The van der Waals surface area contributed by atoms with E-state index in [1.54, 1.807) is 12.1 Å². The van der Waals surface area contributed by atoms with Crippen LogP contribution in [0.15, 0.2) is 82.3 Å². The number of allylic oxidation sites excluding steroid dienone is 5. The van der Waals surface area contributed by atoms with Crippen LogP contribution in [-0.2, 0) is 9.73 Å². The van der Waals surface area contributed by atoms with Gasteiger partial charge in [-0.2, -0.15) is 0 Å². The van der Waals surface area contributed by atoms with Crippen molar-refractivity contribution in [1.29, 1.82) is 4.78 Å². The van der Waals surface area contributed by atoms with Gasteiger partial charge in [-0.25, -0.2) is 8.99 Å². The van der Waals surface area contributed by atoms with Crippen molar-refractivity contribution < 1.29 is 14.4 Å². The molecule has 34 heavy (non-hydrogen) atoms. The lowest BCUT2D eigenvalue weighted by Crippen LogP contribution is -2.33. The fourth-order valence-electron chi connectivity index (χ4n) is 6.34. The van der Waals surface area contributed by atoms with Gasteiger partial charge in [0.05, 0.1) is 21.9 Å². The van der Waals surface area contributed by atoms with E-state index in [0.29, 0.717) is 35.3 Å². The summed E-state index contributed by atoms with van der Waals surface area (Å²) in [5.41, 5.74) is 4.69. The summed E-state index contributed by atoms with van der Waals surface area (Å²) in [6, 6.07) is 9.21. The number of aliphatic hydroxyl groups is 2. The van der Waals surface area contributed by atoms with Gasteiger partial charge >= 0.3 is 0 Å². The van der Waals surface area contributed by atoms with Gasteiger partial charge in [-0.3, -0.25) is 0 Å². The Hall–Kier alpha value is -1.95. The molecular formula is C29H39NO3S. The first kappa shape index (κ1) is 25.2. The van der Waals surface area contributed by atoms with E-state index in [1.807, 2.05) is 18.2 Å². The predicted molar refractivity (Wildman–Crippen MR) is 139 cm³/mol. The standard InChI is InChI=1S/C29H39NO3S/c1-20(15-17-34(30,33)25-9-5-4-6-10-25)26-13-14-27-22(8-7-16-29(26,27)3)11-12-23-18-24(31)19-28(32)21(23)2/h4-6,9-13,20,24,27-28,30-32H,2,7-8,14-19H2,1,3H3. The third-order valence-electron chi connectivity index (χ3n) is 8.37. The van der Waals surface area contributed by atoms with Crippen LogP contribution < -0.4 is 0 Å². The first-order chi connectivity index (χ1) is 16.1. The Labute approximate surface area is 205 Å². The normalized spacial score (nSPS) is 34.5. The molecule has 184 valence electrons. The second-order valence-electron chi connectivity index (χ2n) is 10.7. The van der Waals surface area contributed by atoms with E-state index in [-0.39, 0.29) is 5.41 Å². The summed E-state index contributed by atoms with van der Waals surface area (Å²) in [5.74, 6) is 1.14. The first-order valence-corrected chi connectivity index (χ1v) is 14.3. The summed E-state index contributed by atoms with van der Waals surface area (Å²) >= 11 is 0. The van der Waals surface area contributed by atoms with E-state index in [4.69, 9.17) is 4.78 Å². The molecule has 0 amide bonds. The van der Waals surface area contributed by atoms with Gasteiger partial charge in [0.1, 0.15) is 0 Å². The van der Waals surface area contributed by atoms with Crippen molar-refractivity contribution in [1.82, 2.24) is 0 Å². The number of hydrogen-bond donors (Lipinski definition) is 3. The zero-order valence-electron chi connectivity index (χ0n) is 20.5. The molecule has 2 saturated carbocycles. The molecule has 1 aromatic carbocycles. The maximum atomic E-state index is 13.0. The number of fused-ring (bicyclic) bond motifs is 1. The monoisotopic (exact) mass is 481 g/mol. The Balaban J connectivity index is 1.47. The second kappa shape index (κ2) is 9.96. The van der Waals surface area contributed by atoms with Crippen LogP contribution in [0, 0.1) is 22.0 Å². The van der Waals surface area contributed by atoms with Gasteiger partial charge < -0.3 is 10.2 Å². The molecule has 0 heterocycles. The molecule has 0 spiro atoms. The van der Waals surface area contributed by atoms with Crippen molar-refractivity contribution in [3.8, 4) is 0 Å². The van der Waals surface area contributed by atoms with Gasteiger partial charge in [0, 0.05) is 17.1 Å². The average molecular weight is 482 g/mol. The topological polar surface area (TPSA) is 81.4 Å². The molecule has 3 aliphatic rings. The van der Waals surface area contributed by atoms with Crippen molar-refractivity contribution in [2.24, 2.45) is 17.3 Å². The zero-order chi connectivity index (χ0) is 24.5. The summed E-state index contributed by atoms with van der Waals surface area (Å²) in [7, 11) is -2.78. The molecular weight excluding hydrogens is 442 g/mol. The van der Waals surface area contributed by atoms with Crippen molar-refractivity contribution in [2.75, 3.05) is 5.75 Å². The van der Waals surface area contributed by atoms with Gasteiger partial charge in [-0.1, -0.05) is 68.0 Å². The Bertz CT molecular complexity index is 1120. The Morgan fingerprint density at radius 2 is 2.00 bits per heavy atom. The number of rotatable bonds is 6. The van der Waals surface area contributed by atoms with Crippen molar-refractivity contribution in [3.63, 3.8) is 0 Å². The van der Waals surface area contributed by atoms with Gasteiger partial charge in [0.25, 0.3) is 0 Å². The molecule has 0 radical (unpaired) electrons. The van der Waals surface area contributed by atoms with Crippen LogP contribution in [0.3, 0.4) is 0 Å². The van der Waals surface area contributed by atoms with Crippen LogP contribution in [0.4, 0.5) is 0 Å². The summed E-state index contributed by atoms with van der Waals surface area (Å²) in [6.45, 7) is 8.66. The predicted octanol–water partition coefficient (Wildman–Crippen LogP) is 6.18. The van der Waals surface area contributed by atoms with Crippen molar-refractivity contribution in [2.45, 2.75) is 75.9 Å². The maximum Gasteiger partial charge on any atom is 0.0811 e. The zero-order valence-corrected chi connectivity index (χ0v) is 21.3. The highest BCUT2D eigenvalue weighted by atomic mass is 32.2. The van der Waals surface area contributed by atoms with Crippen LogP contribution in [0.2, 0.25) is 0 Å². The van der Waals surface area contributed by atoms with Crippen LogP contribution in [-0.4, -0.2) is 32.4 Å². The Morgan fingerprint density at radius 3 is 2.74 bits per heavy atom. The molecule has 3 N–H and O–H groups in total. The van der Waals surface area contributed by atoms with E-state index in [1.165, 1.54) is 11.1 Å². The third kappa shape index (κ3) is 5.02. The average Bonchev–Trinajstić information content (AvgIpc) is 3.17. The van der Waals surface area contributed by atoms with Crippen molar-refractivity contribution >= 4 is 9.73 Å². The molecule has 0 aliphatic heterocycles. The van der Waals surface area contributed by atoms with E-state index in [9.17, 15) is 14.4 Å². The van der Waals surface area contributed by atoms with Crippen LogP contribution >= 0.6 is 0 Å². The molecule has 4 nitrogen and oxygen atoms in total. The Kier molecular flexibility index (Phi) is 7.37. The molecule has 4 rings (SSSR count). The van der Waals surface area contributed by atoms with E-state index in [0.717, 1.165) is 43.3 Å². The van der Waals surface area contributed by atoms with Gasteiger partial charge in [0.2, 0.25) is 0 Å². The SMILES string of the molecule is C=C1C(=CC=C2CCCC3(C)C(C(C)CCS(=N)(=O)c4ccccc4)=CCC23)CC(O)CC1O. The van der Waals surface area contributed by atoms with Crippen LogP contribution in [0.5, 0.6) is 0 Å². The minimum absolute atomic E-state index is 0.0975. The Morgan fingerprint density at radius 1 is 1.26 bits per heavy atom. The molecule has 6 unspecified atom stereocenters. The minimum Gasteiger partial charge on any atom is -0.393 e. The summed E-state index contributed by atoms with van der Waals surface area (Å²) < 4.78 is 21.5. The third-order valence-corrected chi connectivity index (χ3v) is 10.2. The highest BCUT2D eigenvalue weighted by Gasteiger charge is 2.46. The maximum absolute atomic E-state index is 13.0. The highest BCUT2D eigenvalue weighted by Crippen LogP contribution is 2.57. The minimum atomic E-state index is -2.78. The molecule has 3 aliphatic carbocycles. The fourth-order valence-corrected chi connectivity index (χ4v) is 7.86. The van der Waals surface area contributed by atoms with Crippen molar-refractivity contribution in [3.05, 3.63) is 77.4 Å². The van der Waals surface area contributed by atoms with E-state index in [2.05, 4.69) is 38.7 Å². The largest absolute Gasteiger partial charge is 0.393 e. The highest BCUT2D eigenvalue weighted by molar-refractivity contribution is 7.92. The second-order valence-corrected chi connectivity index (χ2v) is 12.9. The van der Waals surface area contributed by atoms with Gasteiger partial charge in [-0.15, -0.1) is 0 Å². The van der Waals surface area contributed by atoms with Crippen LogP contribution in [0.25, 0.3) is 0 Å². The lowest BCUT2D eigenvalue weighted by Gasteiger charge is -2.42. The number of benzene rings is 1. The number of hydrogen-bond acceptors (Lipinski definition) is 4. The summed E-state index contributed by atoms with van der Waals surface area (Å²) in [4.78, 5) is 0.627. The fraction of sp³-hybridized carbons (Fsp3) is 0.517. The summed E-state index contributed by atoms with van der Waals surface area (Å²) in [5, 5.41) is 20.2. The lowest BCUT2D eigenvalue weighted by atomic mass is 9.62. The molecule has 6 atom stereocenters. The molecule has 5 heteroatoms. The molecule has 0 saturated heterocycles. The molecule has 0 bridgehead atoms. The van der Waals surface area contributed by atoms with Crippen LogP contribution in [0.1, 0.15) is 58.8 Å². The lowest BCUT2D eigenvalue weighted by molar-refractivity contribution is 0.0862. The molecule has 1 aromatic rings. The number of aliphatic hydroxyl groups excluding tert-OH is 2. The molecule has 2 fully saturated rings. The van der Waals surface area contributed by atoms with Gasteiger partial charge in [-0.05, 0) is 79.1 Å².